The van der Waals surface area contributed by atoms with E-state index in [1.54, 1.807) is 16.4 Å². The first-order chi connectivity index (χ1) is 13.9. The lowest BCUT2D eigenvalue weighted by atomic mass is 9.61. The van der Waals surface area contributed by atoms with Crippen molar-refractivity contribution in [2.45, 2.75) is 44.0 Å². The summed E-state index contributed by atoms with van der Waals surface area (Å²) in [5, 5.41) is 0. The monoisotopic (exact) mass is 408 g/mol. The fraction of sp³-hybridized carbons (Fsp3) is 0.417. The first-order valence-electron chi connectivity index (χ1n) is 10.6. The number of benzene rings is 2. The molecule has 2 heterocycles. The highest BCUT2D eigenvalue weighted by atomic mass is 32.2. The summed E-state index contributed by atoms with van der Waals surface area (Å²) in [5.74, 6) is 1.08. The standard InChI is InChI=1S/C24H28N2O2S/c1-4-19-22-17(3)15-25(29(27,28)18-11-9-16(2)10-12-18)13-14-26-21-8-6-5-7-20(21)23(19)24(22)26/h5-12,19,23-24H,4,13-15H2,1-3H3/b22-17-/t19-,23?,24?/m1/s1. The van der Waals surface area contributed by atoms with Gasteiger partial charge in [-0.05, 0) is 55.5 Å². The van der Waals surface area contributed by atoms with Crippen molar-refractivity contribution < 1.29 is 8.42 Å². The van der Waals surface area contributed by atoms with Crippen LogP contribution in [0.3, 0.4) is 0 Å². The molecule has 0 N–H and O–H groups in total. The first kappa shape index (κ1) is 18.9. The average Bonchev–Trinajstić information content (AvgIpc) is 2.93. The number of hydrogen-bond acceptors (Lipinski definition) is 3. The summed E-state index contributed by atoms with van der Waals surface area (Å²) in [6.45, 7) is 8.11. The van der Waals surface area contributed by atoms with E-state index in [2.05, 4.69) is 43.0 Å². The largest absolute Gasteiger partial charge is 0.363 e. The van der Waals surface area contributed by atoms with E-state index >= 15 is 0 Å². The molecule has 0 bridgehead atoms. The smallest absolute Gasteiger partial charge is 0.243 e. The quantitative estimate of drug-likeness (QED) is 0.710. The van der Waals surface area contributed by atoms with Gasteiger partial charge >= 0.3 is 0 Å². The zero-order chi connectivity index (χ0) is 20.3. The third-order valence-electron chi connectivity index (χ3n) is 7.03. The van der Waals surface area contributed by atoms with Gasteiger partial charge in [0, 0.05) is 31.2 Å². The summed E-state index contributed by atoms with van der Waals surface area (Å²) in [4.78, 5) is 2.85. The van der Waals surface area contributed by atoms with Gasteiger partial charge in [0.05, 0.1) is 10.9 Å². The molecule has 5 rings (SSSR count). The van der Waals surface area contributed by atoms with Crippen molar-refractivity contribution >= 4 is 15.7 Å². The van der Waals surface area contributed by atoms with Crippen LogP contribution in [0.2, 0.25) is 0 Å². The van der Waals surface area contributed by atoms with Gasteiger partial charge in [-0.1, -0.05) is 48.4 Å². The molecule has 1 saturated carbocycles. The second kappa shape index (κ2) is 6.71. The maximum atomic E-state index is 13.4. The number of nitrogens with zero attached hydrogens (tertiary/aromatic N) is 2. The molecule has 2 aromatic rings. The SMILES string of the molecule is CC[C@@H]1/C2=C(\C)CN(S(=O)(=O)c3ccc(C)cc3)CCN3c4ccccc4C1C23. The number of fused-ring (bicyclic) bond motifs is 3. The molecule has 29 heavy (non-hydrogen) atoms. The van der Waals surface area contributed by atoms with Gasteiger partial charge in [-0.25, -0.2) is 8.42 Å². The molecule has 2 unspecified atom stereocenters. The van der Waals surface area contributed by atoms with E-state index in [0.29, 0.717) is 35.9 Å². The van der Waals surface area contributed by atoms with E-state index in [9.17, 15) is 8.42 Å². The summed E-state index contributed by atoms with van der Waals surface area (Å²) >= 11 is 0. The van der Waals surface area contributed by atoms with Crippen molar-refractivity contribution in [3.63, 3.8) is 0 Å². The molecular formula is C24H28N2O2S. The highest BCUT2D eigenvalue weighted by molar-refractivity contribution is 7.89. The predicted octanol–water partition coefficient (Wildman–Crippen LogP) is 4.33. The van der Waals surface area contributed by atoms with Gasteiger partial charge in [-0.15, -0.1) is 0 Å². The molecule has 0 amide bonds. The second-order valence-corrected chi connectivity index (χ2v) is 10.6. The van der Waals surface area contributed by atoms with E-state index in [1.807, 2.05) is 19.1 Å². The molecule has 1 aliphatic carbocycles. The van der Waals surface area contributed by atoms with Crippen molar-refractivity contribution in [3.05, 3.63) is 70.8 Å². The van der Waals surface area contributed by atoms with Crippen LogP contribution in [0.15, 0.2) is 64.6 Å². The lowest BCUT2D eigenvalue weighted by molar-refractivity contribution is 0.294. The molecule has 4 nitrogen and oxygen atoms in total. The second-order valence-electron chi connectivity index (χ2n) is 8.62. The van der Waals surface area contributed by atoms with E-state index in [0.717, 1.165) is 18.5 Å². The van der Waals surface area contributed by atoms with E-state index in [4.69, 9.17) is 0 Å². The molecule has 0 spiro atoms. The lowest BCUT2D eigenvalue weighted by Gasteiger charge is -2.50. The molecule has 2 aromatic carbocycles. The van der Waals surface area contributed by atoms with Crippen LogP contribution in [0.25, 0.3) is 0 Å². The van der Waals surface area contributed by atoms with Gasteiger partial charge in [-0.3, -0.25) is 0 Å². The van der Waals surface area contributed by atoms with Crippen LogP contribution in [-0.4, -0.2) is 38.4 Å². The van der Waals surface area contributed by atoms with Gasteiger partial charge in [0.1, 0.15) is 0 Å². The third kappa shape index (κ3) is 2.71. The highest BCUT2D eigenvalue weighted by Crippen LogP contribution is 2.60. The fourth-order valence-electron chi connectivity index (χ4n) is 5.66. The van der Waals surface area contributed by atoms with Crippen LogP contribution in [0.5, 0.6) is 0 Å². The lowest BCUT2D eigenvalue weighted by Crippen LogP contribution is -2.54. The molecule has 2 aliphatic heterocycles. The van der Waals surface area contributed by atoms with Crippen LogP contribution in [0, 0.1) is 12.8 Å². The Morgan fingerprint density at radius 1 is 1.00 bits per heavy atom. The molecule has 152 valence electrons. The summed E-state index contributed by atoms with van der Waals surface area (Å²) in [7, 11) is -3.52. The zero-order valence-corrected chi connectivity index (χ0v) is 18.1. The number of sulfonamides is 1. The predicted molar refractivity (Wildman–Crippen MR) is 117 cm³/mol. The molecule has 0 radical (unpaired) electrons. The van der Waals surface area contributed by atoms with Crippen molar-refractivity contribution in [3.8, 4) is 0 Å². The Kier molecular flexibility index (Phi) is 4.37. The van der Waals surface area contributed by atoms with Gasteiger partial charge in [-0.2, -0.15) is 4.31 Å². The van der Waals surface area contributed by atoms with Gasteiger partial charge < -0.3 is 4.90 Å². The Bertz CT molecular complexity index is 1090. The Hall–Kier alpha value is -2.11. The van der Waals surface area contributed by atoms with Gasteiger partial charge in [0.2, 0.25) is 10.0 Å². The highest BCUT2D eigenvalue weighted by Gasteiger charge is 2.55. The molecule has 3 atom stereocenters. The number of rotatable bonds is 3. The van der Waals surface area contributed by atoms with Gasteiger partial charge in [0.25, 0.3) is 0 Å². The van der Waals surface area contributed by atoms with Crippen LogP contribution < -0.4 is 4.90 Å². The maximum Gasteiger partial charge on any atom is 0.243 e. The Labute approximate surface area is 173 Å². The van der Waals surface area contributed by atoms with Crippen LogP contribution >= 0.6 is 0 Å². The zero-order valence-electron chi connectivity index (χ0n) is 17.3. The van der Waals surface area contributed by atoms with Crippen LogP contribution in [0.1, 0.15) is 37.3 Å². The molecule has 0 aromatic heterocycles. The van der Waals surface area contributed by atoms with E-state index < -0.39 is 10.0 Å². The van der Waals surface area contributed by atoms with E-state index in [1.165, 1.54) is 22.4 Å². The summed E-state index contributed by atoms with van der Waals surface area (Å²) in [5.41, 5.74) is 6.50. The number of hydrogen-bond donors (Lipinski definition) is 0. The summed E-state index contributed by atoms with van der Waals surface area (Å²) < 4.78 is 28.5. The minimum atomic E-state index is -3.52. The summed E-state index contributed by atoms with van der Waals surface area (Å²) in [6.07, 6.45) is 1.10. The number of aryl methyl sites for hydroxylation is 1. The maximum absolute atomic E-state index is 13.4. The molecule has 5 heteroatoms. The van der Waals surface area contributed by atoms with Crippen molar-refractivity contribution in [1.29, 1.82) is 0 Å². The Morgan fingerprint density at radius 2 is 1.72 bits per heavy atom. The van der Waals surface area contributed by atoms with Crippen molar-refractivity contribution in [1.82, 2.24) is 4.31 Å². The fourth-order valence-corrected chi connectivity index (χ4v) is 7.12. The van der Waals surface area contributed by atoms with Crippen molar-refractivity contribution in [2.75, 3.05) is 24.5 Å². The number of para-hydroxylation sites is 1. The average molecular weight is 409 g/mol. The first-order valence-corrected chi connectivity index (χ1v) is 12.0. The minimum Gasteiger partial charge on any atom is -0.363 e. The normalized spacial score (nSPS) is 28.9. The molecule has 0 saturated heterocycles. The molecule has 3 aliphatic rings. The van der Waals surface area contributed by atoms with Crippen LogP contribution in [-0.2, 0) is 10.0 Å². The minimum absolute atomic E-state index is 0.387. The molecular weight excluding hydrogens is 380 g/mol. The third-order valence-corrected chi connectivity index (χ3v) is 8.89. The van der Waals surface area contributed by atoms with Crippen LogP contribution in [0.4, 0.5) is 5.69 Å². The van der Waals surface area contributed by atoms with Crippen molar-refractivity contribution in [2.24, 2.45) is 5.92 Å². The van der Waals surface area contributed by atoms with Gasteiger partial charge in [0.15, 0.2) is 0 Å². The Morgan fingerprint density at radius 3 is 2.45 bits per heavy atom. The topological polar surface area (TPSA) is 40.6 Å². The summed E-state index contributed by atoms with van der Waals surface area (Å²) in [6, 6.07) is 16.3. The molecule has 1 fully saturated rings. The number of anilines is 1. The van der Waals surface area contributed by atoms with E-state index in [-0.39, 0.29) is 0 Å². The Balaban J connectivity index is 1.56.